The summed E-state index contributed by atoms with van der Waals surface area (Å²) in [5, 5.41) is 5.18. The maximum atomic E-state index is 5.93. The largest absolute Gasteiger partial charge is 0.325 e. The Morgan fingerprint density at radius 1 is 1.00 bits per heavy atom. The second-order valence-electron chi connectivity index (χ2n) is 4.46. The topological polar surface area (TPSA) is 43.8 Å². The molecule has 0 unspecified atom stereocenters. The lowest BCUT2D eigenvalue weighted by molar-refractivity contribution is 0.804. The summed E-state index contributed by atoms with van der Waals surface area (Å²) < 4.78 is 1.88. The van der Waals surface area contributed by atoms with Gasteiger partial charge in [-0.1, -0.05) is 41.9 Å². The summed E-state index contributed by atoms with van der Waals surface area (Å²) in [5.74, 6) is 0. The van der Waals surface area contributed by atoms with E-state index in [9.17, 15) is 0 Å². The molecule has 2 N–H and O–H groups in total. The number of hydrogen-bond donors (Lipinski definition) is 1. The van der Waals surface area contributed by atoms with Crippen molar-refractivity contribution in [3.05, 3.63) is 71.5 Å². The van der Waals surface area contributed by atoms with Crippen LogP contribution >= 0.6 is 11.6 Å². The predicted molar refractivity (Wildman–Crippen MR) is 81.9 cm³/mol. The van der Waals surface area contributed by atoms with Gasteiger partial charge in [-0.15, -0.1) is 0 Å². The number of aromatic nitrogens is 2. The second-order valence-corrected chi connectivity index (χ2v) is 4.90. The van der Waals surface area contributed by atoms with Gasteiger partial charge < -0.3 is 5.73 Å². The minimum Gasteiger partial charge on any atom is -0.325 e. The maximum Gasteiger partial charge on any atom is 0.0656 e. The average molecular weight is 284 g/mol. The van der Waals surface area contributed by atoms with Gasteiger partial charge >= 0.3 is 0 Å². The van der Waals surface area contributed by atoms with Gasteiger partial charge in [-0.2, -0.15) is 5.10 Å². The summed E-state index contributed by atoms with van der Waals surface area (Å²) in [5.41, 5.74) is 10.0. The molecule has 0 fully saturated rings. The summed E-state index contributed by atoms with van der Waals surface area (Å²) in [7, 11) is 0. The number of benzene rings is 2. The number of nitrogens with two attached hydrogens (primary N) is 1. The Morgan fingerprint density at radius 3 is 2.35 bits per heavy atom. The molecule has 3 nitrogen and oxygen atoms in total. The van der Waals surface area contributed by atoms with Crippen molar-refractivity contribution in [1.29, 1.82) is 0 Å². The molecular formula is C16H14ClN3. The van der Waals surface area contributed by atoms with Gasteiger partial charge in [-0.25, -0.2) is 4.68 Å². The molecule has 0 aliphatic rings. The highest BCUT2D eigenvalue weighted by atomic mass is 35.5. The van der Waals surface area contributed by atoms with Crippen LogP contribution in [0.25, 0.3) is 16.8 Å². The fraction of sp³-hybridized carbons (Fsp3) is 0.0625. The third-order valence-corrected chi connectivity index (χ3v) is 3.47. The van der Waals surface area contributed by atoms with Crippen molar-refractivity contribution in [1.82, 2.24) is 9.78 Å². The van der Waals surface area contributed by atoms with E-state index in [2.05, 4.69) is 5.10 Å². The van der Waals surface area contributed by atoms with Crippen LogP contribution in [0, 0.1) is 0 Å². The van der Waals surface area contributed by atoms with Crippen molar-refractivity contribution in [2.75, 3.05) is 0 Å². The minimum absolute atomic E-state index is 0.423. The first-order chi connectivity index (χ1) is 9.79. The Kier molecular flexibility index (Phi) is 3.54. The molecular weight excluding hydrogens is 270 g/mol. The molecule has 20 heavy (non-hydrogen) atoms. The van der Waals surface area contributed by atoms with Gasteiger partial charge in [0.15, 0.2) is 0 Å². The molecule has 0 radical (unpaired) electrons. The van der Waals surface area contributed by atoms with E-state index in [-0.39, 0.29) is 0 Å². The maximum absolute atomic E-state index is 5.93. The van der Waals surface area contributed by atoms with E-state index in [1.807, 2.05) is 65.5 Å². The van der Waals surface area contributed by atoms with Crippen molar-refractivity contribution in [3.63, 3.8) is 0 Å². The normalized spacial score (nSPS) is 10.7. The number of para-hydroxylation sites is 1. The highest BCUT2D eigenvalue weighted by Crippen LogP contribution is 2.26. The van der Waals surface area contributed by atoms with E-state index in [4.69, 9.17) is 17.3 Å². The summed E-state index contributed by atoms with van der Waals surface area (Å²) >= 11 is 5.93. The number of nitrogens with zero attached hydrogens (tertiary/aromatic N) is 2. The summed E-state index contributed by atoms with van der Waals surface area (Å²) in [6, 6.07) is 17.7. The Morgan fingerprint density at radius 2 is 1.70 bits per heavy atom. The first-order valence-corrected chi connectivity index (χ1v) is 6.75. The van der Waals surface area contributed by atoms with E-state index in [1.54, 1.807) is 0 Å². The van der Waals surface area contributed by atoms with Gasteiger partial charge in [0.05, 0.1) is 17.6 Å². The lowest BCUT2D eigenvalue weighted by Crippen LogP contribution is -2.07. The second kappa shape index (κ2) is 5.49. The monoisotopic (exact) mass is 283 g/mol. The molecule has 100 valence electrons. The third-order valence-electron chi connectivity index (χ3n) is 3.22. The average Bonchev–Trinajstić information content (AvgIpc) is 2.93. The molecule has 2 aromatic carbocycles. The molecule has 0 aliphatic carbocycles. The molecule has 1 heterocycles. The number of rotatable bonds is 3. The van der Waals surface area contributed by atoms with Crippen LogP contribution in [0.2, 0.25) is 5.02 Å². The first-order valence-electron chi connectivity index (χ1n) is 6.38. The molecule has 0 spiro atoms. The summed E-state index contributed by atoms with van der Waals surface area (Å²) in [4.78, 5) is 0. The minimum atomic E-state index is 0.423. The van der Waals surface area contributed by atoms with Crippen LogP contribution in [0.5, 0.6) is 0 Å². The highest BCUT2D eigenvalue weighted by molar-refractivity contribution is 6.30. The van der Waals surface area contributed by atoms with Crippen LogP contribution < -0.4 is 5.73 Å². The van der Waals surface area contributed by atoms with Gasteiger partial charge in [-0.3, -0.25) is 0 Å². The highest BCUT2D eigenvalue weighted by Gasteiger charge is 2.12. The molecule has 0 aliphatic heterocycles. The Balaban J connectivity index is 2.10. The Labute approximate surface area is 122 Å². The van der Waals surface area contributed by atoms with Gasteiger partial charge in [0.1, 0.15) is 0 Å². The van der Waals surface area contributed by atoms with Crippen LogP contribution in [0.4, 0.5) is 0 Å². The standard InChI is InChI=1S/C16H14ClN3/c17-13-8-6-12(7-9-13)15-11-19-20(16(15)10-18)14-4-2-1-3-5-14/h1-9,11H,10,18H2. The van der Waals surface area contributed by atoms with Crippen LogP contribution in [0.3, 0.4) is 0 Å². The molecule has 0 saturated carbocycles. The lowest BCUT2D eigenvalue weighted by atomic mass is 10.1. The van der Waals surface area contributed by atoms with E-state index in [0.29, 0.717) is 6.54 Å². The van der Waals surface area contributed by atoms with Crippen molar-refractivity contribution < 1.29 is 0 Å². The van der Waals surface area contributed by atoms with Crippen LogP contribution in [-0.4, -0.2) is 9.78 Å². The molecule has 0 saturated heterocycles. The van der Waals surface area contributed by atoms with Crippen LogP contribution in [0.15, 0.2) is 60.8 Å². The van der Waals surface area contributed by atoms with Gasteiger partial charge in [0.2, 0.25) is 0 Å². The smallest absolute Gasteiger partial charge is 0.0656 e. The zero-order valence-electron chi connectivity index (χ0n) is 10.8. The van der Waals surface area contributed by atoms with Gasteiger partial charge in [0.25, 0.3) is 0 Å². The molecule has 1 aromatic heterocycles. The Bertz CT molecular complexity index is 702. The van der Waals surface area contributed by atoms with Gasteiger partial charge in [0, 0.05) is 17.1 Å². The summed E-state index contributed by atoms with van der Waals surface area (Å²) in [6.45, 7) is 0.423. The zero-order valence-corrected chi connectivity index (χ0v) is 11.6. The zero-order chi connectivity index (χ0) is 13.9. The van der Waals surface area contributed by atoms with E-state index in [1.165, 1.54) is 0 Å². The van der Waals surface area contributed by atoms with Crippen molar-refractivity contribution in [2.45, 2.75) is 6.54 Å². The molecule has 3 rings (SSSR count). The molecule has 0 bridgehead atoms. The van der Waals surface area contributed by atoms with E-state index in [0.717, 1.165) is 27.5 Å². The number of halogens is 1. The van der Waals surface area contributed by atoms with E-state index >= 15 is 0 Å². The van der Waals surface area contributed by atoms with Gasteiger partial charge in [-0.05, 0) is 29.8 Å². The molecule has 3 aromatic rings. The Hall–Kier alpha value is -2.10. The lowest BCUT2D eigenvalue weighted by Gasteiger charge is -2.08. The SMILES string of the molecule is NCc1c(-c2ccc(Cl)cc2)cnn1-c1ccccc1. The molecule has 0 atom stereocenters. The van der Waals surface area contributed by atoms with Crippen LogP contribution in [-0.2, 0) is 6.54 Å². The molecule has 0 amide bonds. The summed E-state index contributed by atoms with van der Waals surface area (Å²) in [6.07, 6.45) is 1.85. The quantitative estimate of drug-likeness (QED) is 0.797. The van der Waals surface area contributed by atoms with Crippen LogP contribution in [0.1, 0.15) is 5.69 Å². The predicted octanol–water partition coefficient (Wildman–Crippen LogP) is 3.65. The third kappa shape index (κ3) is 2.33. The first kappa shape index (κ1) is 12.9. The van der Waals surface area contributed by atoms with E-state index < -0.39 is 0 Å². The van der Waals surface area contributed by atoms with Crippen molar-refractivity contribution in [2.24, 2.45) is 5.73 Å². The van der Waals surface area contributed by atoms with Crippen molar-refractivity contribution >= 4 is 11.6 Å². The molecule has 4 heteroatoms. The number of hydrogen-bond acceptors (Lipinski definition) is 2. The van der Waals surface area contributed by atoms with Crippen molar-refractivity contribution in [3.8, 4) is 16.8 Å². The fourth-order valence-corrected chi connectivity index (χ4v) is 2.36. The fourth-order valence-electron chi connectivity index (χ4n) is 2.23.